The third-order valence-corrected chi connectivity index (χ3v) is 13.4. The summed E-state index contributed by atoms with van der Waals surface area (Å²) in [4.78, 5) is 14.9. The number of hydrogen-bond acceptors (Lipinski definition) is 15. The summed E-state index contributed by atoms with van der Waals surface area (Å²) in [5.41, 5.74) is 9.83. The molecule has 0 aliphatic heterocycles. The lowest BCUT2D eigenvalue weighted by atomic mass is 10.0. The molecule has 0 saturated carbocycles. The van der Waals surface area contributed by atoms with Gasteiger partial charge in [-0.25, -0.2) is 14.1 Å². The zero-order valence-corrected chi connectivity index (χ0v) is 43.2. The lowest BCUT2D eigenvalue weighted by molar-refractivity contribution is -0.384. The molecule has 0 spiro atoms. The smallest absolute Gasteiger partial charge is 0.422 e. The number of nitro benzene ring substituents is 1. The second kappa shape index (κ2) is 31.2. The molecule has 2 heterocycles. The molecule has 18 heteroatoms. The van der Waals surface area contributed by atoms with E-state index in [0.717, 1.165) is 36.0 Å². The quantitative estimate of drug-likeness (QED) is 0.00936. The van der Waals surface area contributed by atoms with Crippen LogP contribution >= 0.6 is 7.82 Å². The number of nitrogens with zero attached hydrogens (tertiary/aromatic N) is 5. The van der Waals surface area contributed by atoms with Crippen molar-refractivity contribution >= 4 is 24.8 Å². The molecular formula is C54H75N6O11P. The maximum atomic E-state index is 14.7. The van der Waals surface area contributed by atoms with Gasteiger partial charge in [-0.15, -0.1) is 0 Å². The Morgan fingerprint density at radius 1 is 0.778 bits per heavy atom. The Balaban J connectivity index is 1.22. The first-order chi connectivity index (χ1) is 34.9. The van der Waals surface area contributed by atoms with Crippen LogP contribution in [-0.4, -0.2) is 69.1 Å². The molecule has 0 bridgehead atoms. The van der Waals surface area contributed by atoms with Crippen molar-refractivity contribution in [3.05, 3.63) is 119 Å². The minimum Gasteiger partial charge on any atom is -0.422 e. The third-order valence-electron chi connectivity index (χ3n) is 12.1. The van der Waals surface area contributed by atoms with E-state index in [2.05, 4.69) is 17.0 Å². The van der Waals surface area contributed by atoms with Crippen LogP contribution in [0.1, 0.15) is 147 Å². The van der Waals surface area contributed by atoms with Crippen LogP contribution < -0.4 is 10.3 Å². The average molecular weight is 1020 g/mol. The highest BCUT2D eigenvalue weighted by Crippen LogP contribution is 2.50. The van der Waals surface area contributed by atoms with Gasteiger partial charge in [0.25, 0.3) is 11.9 Å². The summed E-state index contributed by atoms with van der Waals surface area (Å²) >= 11 is 0. The minimum atomic E-state index is -4.64. The molecule has 2 aromatic heterocycles. The van der Waals surface area contributed by atoms with Crippen LogP contribution in [0.15, 0.2) is 97.3 Å². The fraction of sp³-hybridized carbons (Fsp3) is 0.537. The second-order valence-electron chi connectivity index (χ2n) is 18.6. The number of nitro groups is 1. The molecule has 0 aliphatic rings. The Bertz CT molecular complexity index is 2390. The first-order valence-corrected chi connectivity index (χ1v) is 27.0. The number of phosphoric ester groups is 1. The summed E-state index contributed by atoms with van der Waals surface area (Å²) < 4.78 is 57.9. The minimum absolute atomic E-state index is 0.0439. The first kappa shape index (κ1) is 57.5. The van der Waals surface area contributed by atoms with Crippen molar-refractivity contribution in [3.8, 4) is 23.1 Å². The molecule has 0 aliphatic carbocycles. The number of nitriles is 1. The number of anilines is 1. The van der Waals surface area contributed by atoms with E-state index in [0.29, 0.717) is 17.8 Å². The highest BCUT2D eigenvalue weighted by molar-refractivity contribution is 7.48. The molecule has 5 rings (SSSR count). The molecule has 3 aromatic carbocycles. The topological polar surface area (TPSA) is 225 Å². The lowest BCUT2D eigenvalue weighted by Crippen LogP contribution is -2.31. The van der Waals surface area contributed by atoms with Gasteiger partial charge in [0.1, 0.15) is 35.9 Å². The van der Waals surface area contributed by atoms with Gasteiger partial charge in [-0.2, -0.15) is 10.4 Å². The number of non-ortho nitro benzene ring substituents is 1. The molecule has 0 saturated heterocycles. The first-order valence-electron chi connectivity index (χ1n) is 25.6. The number of aromatic nitrogens is 3. The maximum absolute atomic E-state index is 14.7. The number of phosphoric acid groups is 1. The van der Waals surface area contributed by atoms with E-state index >= 15 is 0 Å². The summed E-state index contributed by atoms with van der Waals surface area (Å²) in [6.45, 7) is 5.09. The predicted octanol–water partition coefficient (Wildman–Crippen LogP) is 13.0. The highest BCUT2D eigenvalue weighted by Gasteiger charge is 2.35. The highest BCUT2D eigenvalue weighted by atomic mass is 31.2. The number of benzene rings is 3. The number of hydrogen-bond donors (Lipinski definition) is 2. The van der Waals surface area contributed by atoms with E-state index in [9.17, 15) is 25.0 Å². The number of nitrogens with two attached hydrogens (primary N) is 1. The van der Waals surface area contributed by atoms with Crippen LogP contribution in [0.5, 0.6) is 5.75 Å². The fourth-order valence-corrected chi connectivity index (χ4v) is 9.46. The zero-order chi connectivity index (χ0) is 51.4. The molecule has 17 nitrogen and oxygen atoms in total. The van der Waals surface area contributed by atoms with Crippen molar-refractivity contribution in [2.24, 2.45) is 0 Å². The fourth-order valence-electron chi connectivity index (χ4n) is 8.20. The molecule has 3 N–H and O–H groups in total. The summed E-state index contributed by atoms with van der Waals surface area (Å²) in [5.74, 6) is -1.49. The largest absolute Gasteiger partial charge is 0.530 e. The van der Waals surface area contributed by atoms with Crippen molar-refractivity contribution in [2.45, 2.75) is 161 Å². The van der Waals surface area contributed by atoms with E-state index in [4.69, 9.17) is 38.3 Å². The molecule has 1 unspecified atom stereocenters. The van der Waals surface area contributed by atoms with E-state index in [1.165, 1.54) is 132 Å². The third kappa shape index (κ3) is 21.0. The van der Waals surface area contributed by atoms with Gasteiger partial charge in [-0.1, -0.05) is 158 Å². The van der Waals surface area contributed by atoms with Crippen molar-refractivity contribution < 1.29 is 47.1 Å². The van der Waals surface area contributed by atoms with Crippen molar-refractivity contribution in [2.75, 3.05) is 32.2 Å². The summed E-state index contributed by atoms with van der Waals surface area (Å²) in [5, 5.41) is 36.2. The summed E-state index contributed by atoms with van der Waals surface area (Å²) in [6.07, 6.45) is 20.2. The Hall–Kier alpha value is -5.44. The SMILES string of the molecule is CCCCCCCCCCCCCCCCCCOC[C@H](COP(=O)(OC[C@H](C[C@@H](OC(C)(C)O)c1ccc2c(N)ncnn12)OC#N)Oc1ccc([N+](=O)[O-])cc1)OCc1ccc(-c2ccccc2)cc1. The van der Waals surface area contributed by atoms with Gasteiger partial charge in [0.05, 0.1) is 37.0 Å². The van der Waals surface area contributed by atoms with Gasteiger partial charge in [-0.3, -0.25) is 19.2 Å². The standard InChI is InChI=1S/C54H75N6O11P/c1-4-5-6-7-8-9-10-11-12-13-14-15-16-17-18-22-35-65-38-49(66-37-43-25-27-45(28-26-43)44-23-20-19-21-24-44)40-69-72(64,71-47-31-29-46(30-32-47)60(62)63)68-39-48(67-41-55)36-52(70-54(2,3)61)50-33-34-51-53(56)57-42-58-59(50)51/h19-21,23-34,42,48-49,52,61H,4-18,22,35-40H2,1-3H3,(H2,56,57,58)/t48-,49+,52+,72?/m0/s1. The zero-order valence-electron chi connectivity index (χ0n) is 42.3. The maximum Gasteiger partial charge on any atom is 0.530 e. The second-order valence-corrected chi connectivity index (χ2v) is 20.2. The number of fused-ring (bicyclic) bond motifs is 1. The number of nitrogen functional groups attached to an aromatic ring is 1. The van der Waals surface area contributed by atoms with Crippen LogP contribution in [0.25, 0.3) is 16.6 Å². The molecule has 4 atom stereocenters. The van der Waals surface area contributed by atoms with E-state index in [1.54, 1.807) is 18.4 Å². The van der Waals surface area contributed by atoms with E-state index in [1.807, 2.05) is 54.6 Å². The van der Waals surface area contributed by atoms with Gasteiger partial charge in [-0.05, 0) is 61.2 Å². The number of ether oxygens (including phenoxy) is 4. The molecular weight excluding hydrogens is 940 g/mol. The number of rotatable bonds is 38. The Kier molecular flexibility index (Phi) is 24.9. The number of aliphatic hydroxyl groups is 1. The predicted molar refractivity (Wildman–Crippen MR) is 277 cm³/mol. The van der Waals surface area contributed by atoms with Gasteiger partial charge in [0, 0.05) is 25.2 Å². The van der Waals surface area contributed by atoms with Crippen LogP contribution in [0.3, 0.4) is 0 Å². The lowest BCUT2D eigenvalue weighted by Gasteiger charge is -2.29. The Labute approximate surface area is 425 Å². The Morgan fingerprint density at radius 2 is 1.36 bits per heavy atom. The van der Waals surface area contributed by atoms with Crippen LogP contribution in [0.2, 0.25) is 0 Å². The van der Waals surface area contributed by atoms with Gasteiger partial charge >= 0.3 is 7.82 Å². The van der Waals surface area contributed by atoms with Gasteiger partial charge in [0.15, 0.2) is 11.6 Å². The van der Waals surface area contributed by atoms with Crippen molar-refractivity contribution in [1.82, 2.24) is 14.6 Å². The van der Waals surface area contributed by atoms with Crippen LogP contribution in [-0.2, 0) is 39.2 Å². The average Bonchev–Trinajstić information content (AvgIpc) is 3.81. The van der Waals surface area contributed by atoms with Crippen LogP contribution in [0, 0.1) is 21.6 Å². The molecule has 0 fully saturated rings. The molecule has 72 heavy (non-hydrogen) atoms. The summed E-state index contributed by atoms with van der Waals surface area (Å²) in [7, 11) is -4.64. The molecule has 392 valence electrons. The Morgan fingerprint density at radius 3 is 1.94 bits per heavy atom. The number of unbranched alkanes of at least 4 members (excludes halogenated alkanes) is 15. The van der Waals surface area contributed by atoms with Crippen molar-refractivity contribution in [3.63, 3.8) is 0 Å². The van der Waals surface area contributed by atoms with E-state index in [-0.39, 0.29) is 43.5 Å². The van der Waals surface area contributed by atoms with Crippen LogP contribution in [0.4, 0.5) is 11.5 Å². The molecule has 0 radical (unpaired) electrons. The van der Waals surface area contributed by atoms with Gasteiger partial charge in [0.2, 0.25) is 0 Å². The van der Waals surface area contributed by atoms with Crippen molar-refractivity contribution in [1.29, 1.82) is 5.26 Å². The molecule has 5 aromatic rings. The summed E-state index contributed by atoms with van der Waals surface area (Å²) in [6, 6.07) is 26.3. The van der Waals surface area contributed by atoms with Gasteiger partial charge < -0.3 is 34.3 Å². The monoisotopic (exact) mass is 1010 g/mol. The normalized spacial score (nSPS) is 13.8. The molecule has 0 amide bonds. The van der Waals surface area contributed by atoms with E-state index < -0.39 is 43.5 Å².